The predicted octanol–water partition coefficient (Wildman–Crippen LogP) is 1.05. The number of aromatic amines is 2. The van der Waals surface area contributed by atoms with Gasteiger partial charge in [0.1, 0.15) is 5.69 Å². The second-order valence-electron chi connectivity index (χ2n) is 3.66. The van der Waals surface area contributed by atoms with Crippen molar-refractivity contribution < 1.29 is 4.79 Å². The average molecular weight is 227 g/mol. The van der Waals surface area contributed by atoms with Crippen LogP contribution in [0.25, 0.3) is 22.2 Å². The number of carbonyl (C=O) groups is 1. The SMILES string of the molecule is NC(=O)c1n[nH]nc1-c1ccc2[nH]ccc2c1. The normalized spacial score (nSPS) is 10.8. The molecule has 0 aliphatic heterocycles. The van der Waals surface area contributed by atoms with Crippen LogP contribution in [0, 0.1) is 0 Å². The van der Waals surface area contributed by atoms with E-state index in [0.717, 1.165) is 16.5 Å². The molecule has 6 nitrogen and oxygen atoms in total. The lowest BCUT2D eigenvalue weighted by Gasteiger charge is -1.98. The molecule has 2 heterocycles. The van der Waals surface area contributed by atoms with Crippen LogP contribution in [-0.4, -0.2) is 26.3 Å². The molecule has 4 N–H and O–H groups in total. The first-order valence-electron chi connectivity index (χ1n) is 5.04. The molecule has 0 atom stereocenters. The molecule has 3 rings (SSSR count). The lowest BCUT2D eigenvalue weighted by Crippen LogP contribution is -2.12. The first kappa shape index (κ1) is 9.59. The molecule has 2 aromatic heterocycles. The summed E-state index contributed by atoms with van der Waals surface area (Å²) in [4.78, 5) is 14.3. The summed E-state index contributed by atoms with van der Waals surface area (Å²) in [6, 6.07) is 7.66. The Morgan fingerprint density at radius 1 is 1.24 bits per heavy atom. The number of amides is 1. The third kappa shape index (κ3) is 1.46. The van der Waals surface area contributed by atoms with E-state index in [0.29, 0.717) is 5.69 Å². The molecule has 0 aliphatic rings. The molecule has 0 bridgehead atoms. The topological polar surface area (TPSA) is 100 Å². The Labute approximate surface area is 95.8 Å². The quantitative estimate of drug-likeness (QED) is 0.610. The van der Waals surface area contributed by atoms with Gasteiger partial charge in [0.25, 0.3) is 5.91 Å². The highest BCUT2D eigenvalue weighted by Gasteiger charge is 2.15. The standard InChI is InChI=1S/C11H9N5O/c12-11(17)10-9(14-16-15-10)7-1-2-8-6(5-7)3-4-13-8/h1-5,13H,(H2,12,17)(H,14,15,16). The fourth-order valence-corrected chi connectivity index (χ4v) is 1.80. The minimum Gasteiger partial charge on any atom is -0.364 e. The van der Waals surface area contributed by atoms with Crippen molar-refractivity contribution in [3.63, 3.8) is 0 Å². The van der Waals surface area contributed by atoms with E-state index in [4.69, 9.17) is 5.73 Å². The number of carbonyl (C=O) groups excluding carboxylic acids is 1. The van der Waals surface area contributed by atoms with Crippen LogP contribution in [0.3, 0.4) is 0 Å². The summed E-state index contributed by atoms with van der Waals surface area (Å²) < 4.78 is 0. The molecule has 17 heavy (non-hydrogen) atoms. The maximum absolute atomic E-state index is 11.2. The Balaban J connectivity index is 2.19. The zero-order valence-corrected chi connectivity index (χ0v) is 8.77. The van der Waals surface area contributed by atoms with Gasteiger partial charge in [-0.3, -0.25) is 4.79 Å². The summed E-state index contributed by atoms with van der Waals surface area (Å²) in [5.41, 5.74) is 7.68. The molecule has 0 saturated carbocycles. The molecule has 0 spiro atoms. The molecule has 1 aromatic carbocycles. The van der Waals surface area contributed by atoms with Gasteiger partial charge in [-0.2, -0.15) is 15.4 Å². The third-order valence-corrected chi connectivity index (χ3v) is 2.61. The summed E-state index contributed by atoms with van der Waals surface area (Å²) in [6.07, 6.45) is 1.85. The van der Waals surface area contributed by atoms with Crippen LogP contribution in [-0.2, 0) is 0 Å². The Kier molecular flexibility index (Phi) is 1.94. The van der Waals surface area contributed by atoms with Gasteiger partial charge in [0.15, 0.2) is 5.69 Å². The first-order chi connectivity index (χ1) is 8.25. The van der Waals surface area contributed by atoms with Gasteiger partial charge in [0.05, 0.1) is 0 Å². The lowest BCUT2D eigenvalue weighted by molar-refractivity contribution is 0.0996. The van der Waals surface area contributed by atoms with E-state index in [-0.39, 0.29) is 5.69 Å². The van der Waals surface area contributed by atoms with Crippen LogP contribution in [0.5, 0.6) is 0 Å². The molecule has 6 heteroatoms. The highest BCUT2D eigenvalue weighted by molar-refractivity contribution is 5.97. The number of nitrogens with one attached hydrogen (secondary N) is 2. The molecule has 0 fully saturated rings. The average Bonchev–Trinajstić information content (AvgIpc) is 2.96. The fourth-order valence-electron chi connectivity index (χ4n) is 1.80. The van der Waals surface area contributed by atoms with Crippen molar-refractivity contribution in [3.05, 3.63) is 36.2 Å². The number of aromatic nitrogens is 4. The van der Waals surface area contributed by atoms with Gasteiger partial charge in [0.2, 0.25) is 0 Å². The number of nitrogens with two attached hydrogens (primary N) is 1. The molecule has 3 aromatic rings. The second kappa shape index (κ2) is 3.44. The fraction of sp³-hybridized carbons (Fsp3) is 0. The molecule has 0 unspecified atom stereocenters. The highest BCUT2D eigenvalue weighted by atomic mass is 16.1. The molecule has 1 amide bonds. The summed E-state index contributed by atoms with van der Waals surface area (Å²) in [5.74, 6) is -0.595. The van der Waals surface area contributed by atoms with Crippen LogP contribution in [0.4, 0.5) is 0 Å². The van der Waals surface area contributed by atoms with E-state index in [2.05, 4.69) is 20.4 Å². The van der Waals surface area contributed by atoms with Crippen molar-refractivity contribution in [1.29, 1.82) is 0 Å². The maximum atomic E-state index is 11.2. The molecular weight excluding hydrogens is 218 g/mol. The number of primary amides is 1. The van der Waals surface area contributed by atoms with Crippen molar-refractivity contribution in [1.82, 2.24) is 20.4 Å². The van der Waals surface area contributed by atoms with Crippen LogP contribution in [0.2, 0.25) is 0 Å². The number of hydrogen-bond acceptors (Lipinski definition) is 3. The van der Waals surface area contributed by atoms with Crippen molar-refractivity contribution in [3.8, 4) is 11.3 Å². The molecule has 0 aliphatic carbocycles. The lowest BCUT2D eigenvalue weighted by atomic mass is 10.1. The summed E-state index contributed by atoms with van der Waals surface area (Å²) >= 11 is 0. The van der Waals surface area contributed by atoms with Gasteiger partial charge < -0.3 is 10.7 Å². The number of fused-ring (bicyclic) bond motifs is 1. The molecule has 84 valence electrons. The predicted molar refractivity (Wildman–Crippen MR) is 62.2 cm³/mol. The van der Waals surface area contributed by atoms with Gasteiger partial charge in [-0.15, -0.1) is 0 Å². The Morgan fingerprint density at radius 3 is 2.94 bits per heavy atom. The van der Waals surface area contributed by atoms with E-state index in [1.165, 1.54) is 0 Å². The summed E-state index contributed by atoms with van der Waals surface area (Å²) in [7, 11) is 0. The molecular formula is C11H9N5O. The van der Waals surface area contributed by atoms with Gasteiger partial charge >= 0.3 is 0 Å². The Hall–Kier alpha value is -2.63. The third-order valence-electron chi connectivity index (χ3n) is 2.61. The van der Waals surface area contributed by atoms with E-state index in [9.17, 15) is 4.79 Å². The minimum absolute atomic E-state index is 0.153. The smallest absolute Gasteiger partial charge is 0.271 e. The van der Waals surface area contributed by atoms with Crippen LogP contribution in [0.15, 0.2) is 30.5 Å². The van der Waals surface area contributed by atoms with E-state index >= 15 is 0 Å². The van der Waals surface area contributed by atoms with Gasteiger partial charge in [-0.25, -0.2) is 0 Å². The van der Waals surface area contributed by atoms with Crippen LogP contribution < -0.4 is 5.73 Å². The molecule has 0 radical (unpaired) electrons. The van der Waals surface area contributed by atoms with Crippen molar-refractivity contribution in [2.45, 2.75) is 0 Å². The number of benzene rings is 1. The van der Waals surface area contributed by atoms with E-state index in [1.54, 1.807) is 0 Å². The van der Waals surface area contributed by atoms with Crippen LogP contribution >= 0.6 is 0 Å². The molecule has 0 saturated heterocycles. The van der Waals surface area contributed by atoms with Gasteiger partial charge in [-0.05, 0) is 18.2 Å². The van der Waals surface area contributed by atoms with Crippen molar-refractivity contribution in [2.24, 2.45) is 5.73 Å². The summed E-state index contributed by atoms with van der Waals surface area (Å²) in [6.45, 7) is 0. The number of H-pyrrole nitrogens is 2. The minimum atomic E-state index is -0.595. The number of hydrogen-bond donors (Lipinski definition) is 3. The second-order valence-corrected chi connectivity index (χ2v) is 3.66. The number of nitrogens with zero attached hydrogens (tertiary/aromatic N) is 2. The Morgan fingerprint density at radius 2 is 2.12 bits per heavy atom. The zero-order valence-electron chi connectivity index (χ0n) is 8.77. The van der Waals surface area contributed by atoms with Crippen LogP contribution in [0.1, 0.15) is 10.5 Å². The maximum Gasteiger partial charge on any atom is 0.271 e. The largest absolute Gasteiger partial charge is 0.364 e. The van der Waals surface area contributed by atoms with Crippen molar-refractivity contribution in [2.75, 3.05) is 0 Å². The number of rotatable bonds is 2. The zero-order chi connectivity index (χ0) is 11.8. The van der Waals surface area contributed by atoms with Crippen molar-refractivity contribution >= 4 is 16.8 Å². The van der Waals surface area contributed by atoms with Gasteiger partial charge in [-0.1, -0.05) is 6.07 Å². The van der Waals surface area contributed by atoms with E-state index < -0.39 is 5.91 Å². The first-order valence-corrected chi connectivity index (χ1v) is 5.04. The summed E-state index contributed by atoms with van der Waals surface area (Å²) in [5, 5.41) is 11.1. The Bertz CT molecular complexity index is 697. The highest BCUT2D eigenvalue weighted by Crippen LogP contribution is 2.23. The van der Waals surface area contributed by atoms with Gasteiger partial charge in [0, 0.05) is 22.7 Å². The van der Waals surface area contributed by atoms with E-state index in [1.807, 2.05) is 30.5 Å². The monoisotopic (exact) mass is 227 g/mol.